The Labute approximate surface area is 142 Å². The first kappa shape index (κ1) is 14.1. The van der Waals surface area contributed by atoms with Crippen molar-refractivity contribution in [1.29, 1.82) is 0 Å². The Morgan fingerprint density at radius 1 is 0.957 bits per heavy atom. The lowest BCUT2D eigenvalue weighted by molar-refractivity contribution is 1.29. The topological polar surface area (TPSA) is 37.3 Å². The fraction of sp³-hybridized carbons (Fsp3) is 0. The third-order valence-electron chi connectivity index (χ3n) is 3.44. The smallest absolute Gasteiger partial charge is 0.203 e. The van der Waals surface area contributed by atoms with Gasteiger partial charge in [-0.15, -0.1) is 22.7 Å². The summed E-state index contributed by atoms with van der Waals surface area (Å²) in [6.07, 6.45) is 1.81. The number of thiophene rings is 1. The largest absolute Gasteiger partial charge is 0.253 e. The predicted molar refractivity (Wildman–Crippen MR) is 101 cm³/mol. The molecule has 0 bridgehead atoms. The van der Waals surface area contributed by atoms with Gasteiger partial charge in [0.1, 0.15) is 0 Å². The molecular weight excluding hydrogens is 322 g/mol. The van der Waals surface area contributed by atoms with Crippen molar-refractivity contribution in [3.63, 3.8) is 0 Å². The maximum atomic E-state index is 4.60. The molecule has 0 aliphatic rings. The van der Waals surface area contributed by atoms with Crippen LogP contribution >= 0.6 is 22.7 Å². The Morgan fingerprint density at radius 2 is 1.87 bits per heavy atom. The summed E-state index contributed by atoms with van der Waals surface area (Å²) in [4.78, 5) is 5.72. The van der Waals surface area contributed by atoms with Crippen LogP contribution in [0.4, 0.5) is 5.13 Å². The van der Waals surface area contributed by atoms with Crippen LogP contribution in [0.2, 0.25) is 0 Å². The monoisotopic (exact) mass is 335 g/mol. The fourth-order valence-electron chi connectivity index (χ4n) is 2.32. The third kappa shape index (κ3) is 3.16. The highest BCUT2D eigenvalue weighted by Crippen LogP contribution is 2.27. The number of anilines is 1. The van der Waals surface area contributed by atoms with Crippen molar-refractivity contribution < 1.29 is 0 Å². The summed E-state index contributed by atoms with van der Waals surface area (Å²) in [6, 6.07) is 18.8. The molecule has 0 fully saturated rings. The van der Waals surface area contributed by atoms with Gasteiger partial charge in [0.25, 0.3) is 0 Å². The molecule has 112 valence electrons. The molecule has 3 nitrogen and oxygen atoms in total. The Hall–Kier alpha value is -2.50. The van der Waals surface area contributed by atoms with E-state index in [1.807, 2.05) is 29.1 Å². The van der Waals surface area contributed by atoms with Gasteiger partial charge in [-0.05, 0) is 28.3 Å². The predicted octanol–water partition coefficient (Wildman–Crippen LogP) is 5.47. The number of thiazole rings is 1. The van der Waals surface area contributed by atoms with Crippen LogP contribution < -0.4 is 5.43 Å². The summed E-state index contributed by atoms with van der Waals surface area (Å²) < 4.78 is 0. The van der Waals surface area contributed by atoms with Crippen molar-refractivity contribution >= 4 is 44.8 Å². The number of aromatic nitrogens is 1. The van der Waals surface area contributed by atoms with E-state index in [1.54, 1.807) is 22.7 Å². The molecule has 4 aromatic rings. The molecule has 0 aliphatic heterocycles. The summed E-state index contributed by atoms with van der Waals surface area (Å²) in [5.41, 5.74) is 5.08. The summed E-state index contributed by atoms with van der Waals surface area (Å²) in [6.45, 7) is 0. The van der Waals surface area contributed by atoms with Crippen LogP contribution in [-0.2, 0) is 0 Å². The van der Waals surface area contributed by atoms with E-state index in [1.165, 1.54) is 10.8 Å². The van der Waals surface area contributed by atoms with Crippen LogP contribution in [0.25, 0.3) is 22.0 Å². The molecule has 0 unspecified atom stereocenters. The van der Waals surface area contributed by atoms with Gasteiger partial charge in [-0.25, -0.2) is 4.98 Å². The zero-order valence-corrected chi connectivity index (χ0v) is 13.8. The molecule has 4 rings (SSSR count). The van der Waals surface area contributed by atoms with E-state index in [9.17, 15) is 0 Å². The minimum Gasteiger partial charge on any atom is -0.253 e. The van der Waals surface area contributed by atoms with E-state index in [4.69, 9.17) is 0 Å². The van der Waals surface area contributed by atoms with E-state index >= 15 is 0 Å². The highest BCUT2D eigenvalue weighted by Gasteiger charge is 2.05. The average Bonchev–Trinajstić information content (AvgIpc) is 3.26. The highest BCUT2D eigenvalue weighted by molar-refractivity contribution is 7.14. The Bertz CT molecular complexity index is 955. The van der Waals surface area contributed by atoms with Crippen molar-refractivity contribution in [3.05, 3.63) is 70.2 Å². The van der Waals surface area contributed by atoms with Crippen molar-refractivity contribution in [2.45, 2.75) is 0 Å². The van der Waals surface area contributed by atoms with Gasteiger partial charge in [-0.1, -0.05) is 42.5 Å². The minimum atomic E-state index is 0.793. The molecule has 0 saturated carbocycles. The van der Waals surface area contributed by atoms with Crippen LogP contribution in [0.5, 0.6) is 0 Å². The SMILES string of the molecule is C(=N\Nc1nc(-c2ccc3ccccc3c2)cs1)/c1cccs1. The molecule has 23 heavy (non-hydrogen) atoms. The summed E-state index contributed by atoms with van der Waals surface area (Å²) in [5.74, 6) is 0. The highest BCUT2D eigenvalue weighted by atomic mass is 32.1. The van der Waals surface area contributed by atoms with E-state index in [0.29, 0.717) is 0 Å². The molecule has 2 aromatic carbocycles. The standard InChI is InChI=1S/C18H13N3S2/c1-2-5-14-10-15(8-7-13(14)4-1)17-12-23-18(20-17)21-19-11-16-6-3-9-22-16/h1-12H,(H,20,21)/b19-11+. The van der Waals surface area contributed by atoms with Gasteiger partial charge in [0.05, 0.1) is 11.9 Å². The lowest BCUT2D eigenvalue weighted by Gasteiger charge is -2.00. The second-order valence-electron chi connectivity index (χ2n) is 4.99. The van der Waals surface area contributed by atoms with Gasteiger partial charge in [0, 0.05) is 15.8 Å². The molecule has 0 aliphatic carbocycles. The number of hydrogen-bond acceptors (Lipinski definition) is 5. The van der Waals surface area contributed by atoms with Gasteiger partial charge in [-0.2, -0.15) is 5.10 Å². The molecule has 0 amide bonds. The van der Waals surface area contributed by atoms with E-state index in [0.717, 1.165) is 21.3 Å². The summed E-state index contributed by atoms with van der Waals surface area (Å²) in [5, 5.41) is 11.6. The molecule has 2 heterocycles. The van der Waals surface area contributed by atoms with Gasteiger partial charge < -0.3 is 0 Å². The lowest BCUT2D eigenvalue weighted by Crippen LogP contribution is -1.88. The molecule has 0 radical (unpaired) electrons. The molecule has 2 aromatic heterocycles. The zero-order chi connectivity index (χ0) is 15.5. The number of hydrazone groups is 1. The first-order valence-corrected chi connectivity index (χ1v) is 8.92. The van der Waals surface area contributed by atoms with Crippen LogP contribution in [0.3, 0.4) is 0 Å². The summed E-state index contributed by atoms with van der Waals surface area (Å²) in [7, 11) is 0. The molecule has 5 heteroatoms. The van der Waals surface area contributed by atoms with Crippen LogP contribution in [0.15, 0.2) is 70.5 Å². The van der Waals surface area contributed by atoms with Crippen LogP contribution in [-0.4, -0.2) is 11.2 Å². The molecule has 0 atom stereocenters. The first-order valence-electron chi connectivity index (χ1n) is 7.16. The van der Waals surface area contributed by atoms with Crippen molar-refractivity contribution in [2.24, 2.45) is 5.10 Å². The third-order valence-corrected chi connectivity index (χ3v) is 5.00. The van der Waals surface area contributed by atoms with Gasteiger partial charge >= 0.3 is 0 Å². The Balaban J connectivity index is 1.54. The first-order chi connectivity index (χ1) is 11.4. The van der Waals surface area contributed by atoms with Gasteiger partial charge in [0.2, 0.25) is 5.13 Å². The molecule has 1 N–H and O–H groups in total. The number of nitrogens with zero attached hydrogens (tertiary/aromatic N) is 2. The summed E-state index contributed by atoms with van der Waals surface area (Å²) >= 11 is 3.21. The van der Waals surface area contributed by atoms with Gasteiger partial charge in [-0.3, -0.25) is 5.43 Å². The van der Waals surface area contributed by atoms with Crippen molar-refractivity contribution in [3.8, 4) is 11.3 Å². The number of fused-ring (bicyclic) bond motifs is 1. The Kier molecular flexibility index (Phi) is 3.88. The maximum Gasteiger partial charge on any atom is 0.203 e. The number of hydrogen-bond donors (Lipinski definition) is 1. The molecule has 0 spiro atoms. The number of benzene rings is 2. The minimum absolute atomic E-state index is 0.793. The maximum absolute atomic E-state index is 4.60. The lowest BCUT2D eigenvalue weighted by atomic mass is 10.1. The van der Waals surface area contributed by atoms with E-state index < -0.39 is 0 Å². The van der Waals surface area contributed by atoms with Crippen molar-refractivity contribution in [2.75, 3.05) is 5.43 Å². The number of nitrogens with one attached hydrogen (secondary N) is 1. The fourth-order valence-corrected chi connectivity index (χ4v) is 3.58. The van der Waals surface area contributed by atoms with E-state index in [2.05, 4.69) is 58.0 Å². The van der Waals surface area contributed by atoms with E-state index in [-0.39, 0.29) is 0 Å². The van der Waals surface area contributed by atoms with Crippen LogP contribution in [0, 0.1) is 0 Å². The second-order valence-corrected chi connectivity index (χ2v) is 6.82. The normalized spacial score (nSPS) is 11.3. The van der Waals surface area contributed by atoms with Crippen molar-refractivity contribution in [1.82, 2.24) is 4.98 Å². The number of rotatable bonds is 4. The Morgan fingerprint density at radius 3 is 2.74 bits per heavy atom. The van der Waals surface area contributed by atoms with Crippen LogP contribution in [0.1, 0.15) is 4.88 Å². The average molecular weight is 335 g/mol. The molecule has 0 saturated heterocycles. The zero-order valence-electron chi connectivity index (χ0n) is 12.1. The second kappa shape index (κ2) is 6.32. The molecular formula is C18H13N3S2. The quantitative estimate of drug-likeness (QED) is 0.396. The van der Waals surface area contributed by atoms with Gasteiger partial charge in [0.15, 0.2) is 0 Å².